The molecule has 1 heterocycles. The Morgan fingerprint density at radius 3 is 2.18 bits per heavy atom. The lowest BCUT2D eigenvalue weighted by atomic mass is 9.94. The molecule has 0 aromatic heterocycles. The van der Waals surface area contributed by atoms with E-state index in [1.54, 1.807) is 29.2 Å². The average molecular weight is 470 g/mol. The van der Waals surface area contributed by atoms with Gasteiger partial charge in [0.15, 0.2) is 0 Å². The molecule has 0 bridgehead atoms. The first-order valence-electron chi connectivity index (χ1n) is 11.6. The molecule has 1 aliphatic heterocycles. The fraction of sp³-hybridized carbons (Fsp3) is 0.423. The summed E-state index contributed by atoms with van der Waals surface area (Å²) < 4.78 is 0. The molecule has 6 nitrogen and oxygen atoms in total. The molecule has 3 amide bonds. The molecule has 0 saturated carbocycles. The van der Waals surface area contributed by atoms with Crippen LogP contribution in [0.4, 0.5) is 0 Å². The molecule has 3 rings (SSSR count). The number of halogens is 1. The Hall–Kier alpha value is -2.86. The van der Waals surface area contributed by atoms with Crippen LogP contribution in [0.15, 0.2) is 54.6 Å². The molecule has 1 N–H and O–H groups in total. The summed E-state index contributed by atoms with van der Waals surface area (Å²) in [4.78, 5) is 42.6. The highest BCUT2D eigenvalue weighted by Gasteiger charge is 2.33. The maximum Gasteiger partial charge on any atom is 0.251 e. The van der Waals surface area contributed by atoms with Crippen LogP contribution in [0.25, 0.3) is 0 Å². The molecule has 7 heteroatoms. The first-order valence-corrected chi connectivity index (χ1v) is 12.0. The predicted molar refractivity (Wildman–Crippen MR) is 130 cm³/mol. The van der Waals surface area contributed by atoms with E-state index < -0.39 is 6.04 Å². The highest BCUT2D eigenvalue weighted by Crippen LogP contribution is 2.21. The zero-order chi connectivity index (χ0) is 23.8. The summed E-state index contributed by atoms with van der Waals surface area (Å²) in [6.07, 6.45) is 1.69. The van der Waals surface area contributed by atoms with Gasteiger partial charge >= 0.3 is 0 Å². The van der Waals surface area contributed by atoms with Crippen molar-refractivity contribution in [2.45, 2.75) is 39.2 Å². The van der Waals surface area contributed by atoms with Crippen LogP contribution in [0.2, 0.25) is 5.02 Å². The van der Waals surface area contributed by atoms with Gasteiger partial charge < -0.3 is 15.1 Å². The molecule has 2 aromatic rings. The summed E-state index contributed by atoms with van der Waals surface area (Å²) >= 11 is 5.93. The van der Waals surface area contributed by atoms with Crippen LogP contribution in [0.5, 0.6) is 0 Å². The normalized spacial score (nSPS) is 15.1. The van der Waals surface area contributed by atoms with E-state index >= 15 is 0 Å². The maximum absolute atomic E-state index is 13.4. The second-order valence-electron chi connectivity index (χ2n) is 8.33. The Balaban J connectivity index is 1.69. The number of carbonyl (C=O) groups excluding carboxylic acids is 3. The van der Waals surface area contributed by atoms with Gasteiger partial charge in [-0.25, -0.2) is 0 Å². The van der Waals surface area contributed by atoms with Crippen LogP contribution < -0.4 is 5.32 Å². The Bertz CT molecular complexity index is 937. The molecule has 0 spiro atoms. The number of nitrogens with one attached hydrogen (secondary N) is 1. The van der Waals surface area contributed by atoms with Crippen molar-refractivity contribution in [3.63, 3.8) is 0 Å². The van der Waals surface area contributed by atoms with E-state index in [0.29, 0.717) is 56.0 Å². The van der Waals surface area contributed by atoms with Gasteiger partial charge in [0.25, 0.3) is 5.91 Å². The number of amides is 3. The smallest absolute Gasteiger partial charge is 0.251 e. The van der Waals surface area contributed by atoms with Gasteiger partial charge in [-0.3, -0.25) is 14.4 Å². The quantitative estimate of drug-likeness (QED) is 0.639. The average Bonchev–Trinajstić information content (AvgIpc) is 2.85. The van der Waals surface area contributed by atoms with E-state index in [4.69, 9.17) is 11.6 Å². The van der Waals surface area contributed by atoms with Crippen molar-refractivity contribution in [2.75, 3.05) is 26.2 Å². The van der Waals surface area contributed by atoms with Crippen molar-refractivity contribution in [3.05, 3.63) is 70.7 Å². The van der Waals surface area contributed by atoms with Gasteiger partial charge in [0.1, 0.15) is 6.04 Å². The van der Waals surface area contributed by atoms with Crippen molar-refractivity contribution in [1.82, 2.24) is 15.1 Å². The van der Waals surface area contributed by atoms with Crippen molar-refractivity contribution in [2.24, 2.45) is 5.92 Å². The van der Waals surface area contributed by atoms with Crippen LogP contribution in [-0.4, -0.2) is 59.7 Å². The molecule has 2 aromatic carbocycles. The molecular formula is C26H32ClN3O3. The first-order chi connectivity index (χ1) is 15.9. The van der Waals surface area contributed by atoms with E-state index in [1.807, 2.05) is 49.1 Å². The number of rotatable bonds is 8. The third-order valence-electron chi connectivity index (χ3n) is 6.22. The molecule has 33 heavy (non-hydrogen) atoms. The van der Waals surface area contributed by atoms with Crippen molar-refractivity contribution in [3.8, 4) is 0 Å². The van der Waals surface area contributed by atoms with E-state index in [-0.39, 0.29) is 23.6 Å². The number of hydrogen-bond donors (Lipinski definition) is 1. The van der Waals surface area contributed by atoms with Crippen LogP contribution in [0.1, 0.15) is 42.6 Å². The highest BCUT2D eigenvalue weighted by atomic mass is 35.5. The topological polar surface area (TPSA) is 69.7 Å². The highest BCUT2D eigenvalue weighted by molar-refractivity contribution is 6.30. The van der Waals surface area contributed by atoms with Gasteiger partial charge in [-0.05, 0) is 56.5 Å². The summed E-state index contributed by atoms with van der Waals surface area (Å²) in [5, 5.41) is 3.47. The van der Waals surface area contributed by atoms with Crippen LogP contribution in [0.3, 0.4) is 0 Å². The molecule has 1 atom stereocenters. The van der Waals surface area contributed by atoms with Gasteiger partial charge in [-0.1, -0.05) is 41.9 Å². The van der Waals surface area contributed by atoms with Crippen LogP contribution >= 0.6 is 11.6 Å². The van der Waals surface area contributed by atoms with Gasteiger partial charge in [-0.15, -0.1) is 0 Å². The second kappa shape index (κ2) is 11.8. The minimum Gasteiger partial charge on any atom is -0.343 e. The number of piperidine rings is 1. The van der Waals surface area contributed by atoms with Gasteiger partial charge in [-0.2, -0.15) is 0 Å². The monoisotopic (exact) mass is 469 g/mol. The lowest BCUT2D eigenvalue weighted by Gasteiger charge is -2.35. The maximum atomic E-state index is 13.4. The largest absolute Gasteiger partial charge is 0.343 e. The summed E-state index contributed by atoms with van der Waals surface area (Å²) in [5.74, 6) is -0.309. The molecule has 0 radical (unpaired) electrons. The van der Waals surface area contributed by atoms with Crippen LogP contribution in [0, 0.1) is 5.92 Å². The van der Waals surface area contributed by atoms with Gasteiger partial charge in [0, 0.05) is 49.1 Å². The number of hydrogen-bond acceptors (Lipinski definition) is 3. The summed E-state index contributed by atoms with van der Waals surface area (Å²) in [6.45, 7) is 6.39. The number of nitrogens with zero attached hydrogens (tertiary/aromatic N) is 2. The molecule has 1 saturated heterocycles. The minimum absolute atomic E-state index is 0.0508. The SMILES string of the molecule is CCN(CC)C(=O)C1CCN(C(=O)C(Cc2ccccc2)NC(=O)c2ccc(Cl)cc2)CC1. The number of likely N-dealkylation sites (tertiary alicyclic amines) is 1. The molecule has 0 aliphatic carbocycles. The Morgan fingerprint density at radius 1 is 1.00 bits per heavy atom. The van der Waals surface area contributed by atoms with Crippen molar-refractivity contribution in [1.29, 1.82) is 0 Å². The predicted octanol–water partition coefficient (Wildman–Crippen LogP) is 3.79. The molecule has 1 aliphatic rings. The molecular weight excluding hydrogens is 438 g/mol. The zero-order valence-electron chi connectivity index (χ0n) is 19.3. The minimum atomic E-state index is -0.689. The van der Waals surface area contributed by atoms with Gasteiger partial charge in [0.2, 0.25) is 11.8 Å². The zero-order valence-corrected chi connectivity index (χ0v) is 20.1. The third kappa shape index (κ3) is 6.57. The van der Waals surface area contributed by atoms with E-state index in [1.165, 1.54) is 0 Å². The Morgan fingerprint density at radius 2 is 1.61 bits per heavy atom. The van der Waals surface area contributed by atoms with E-state index in [9.17, 15) is 14.4 Å². The summed E-state index contributed by atoms with van der Waals surface area (Å²) in [7, 11) is 0. The second-order valence-corrected chi connectivity index (χ2v) is 8.77. The Labute approximate surface area is 200 Å². The fourth-order valence-corrected chi connectivity index (χ4v) is 4.38. The molecule has 176 valence electrons. The first kappa shape index (κ1) is 24.8. The standard InChI is InChI=1S/C26H32ClN3O3/c1-3-29(4-2)25(32)21-14-16-30(17-15-21)26(33)23(18-19-8-6-5-7-9-19)28-24(31)20-10-12-22(27)13-11-20/h5-13,21,23H,3-4,14-18H2,1-2H3,(H,28,31). The fourth-order valence-electron chi connectivity index (χ4n) is 4.25. The van der Waals surface area contributed by atoms with E-state index in [0.717, 1.165) is 5.56 Å². The number of carbonyl (C=O) groups is 3. The molecule has 1 fully saturated rings. The Kier molecular flexibility index (Phi) is 8.89. The molecule has 1 unspecified atom stereocenters. The van der Waals surface area contributed by atoms with E-state index in [2.05, 4.69) is 5.32 Å². The number of benzene rings is 2. The van der Waals surface area contributed by atoms with Crippen molar-refractivity contribution < 1.29 is 14.4 Å². The third-order valence-corrected chi connectivity index (χ3v) is 6.48. The lowest BCUT2D eigenvalue weighted by Crippen LogP contribution is -2.52. The lowest BCUT2D eigenvalue weighted by molar-refractivity contribution is -0.141. The summed E-state index contributed by atoms with van der Waals surface area (Å²) in [5.41, 5.74) is 1.42. The van der Waals surface area contributed by atoms with Gasteiger partial charge in [0.05, 0.1) is 0 Å². The summed E-state index contributed by atoms with van der Waals surface area (Å²) in [6, 6.07) is 15.6. The van der Waals surface area contributed by atoms with Crippen LogP contribution in [-0.2, 0) is 16.0 Å². The van der Waals surface area contributed by atoms with Crippen molar-refractivity contribution >= 4 is 29.3 Å².